The lowest BCUT2D eigenvalue weighted by Gasteiger charge is -2.11. The number of anilines is 1. The quantitative estimate of drug-likeness (QED) is 0.755. The molecule has 3 rings (SSSR count). The number of nitrogens with one attached hydrogen (secondary N) is 2. The van der Waals surface area contributed by atoms with Gasteiger partial charge in [-0.15, -0.1) is 0 Å². The summed E-state index contributed by atoms with van der Waals surface area (Å²) in [5.41, 5.74) is 3.70. The van der Waals surface area contributed by atoms with Crippen molar-refractivity contribution in [3.8, 4) is 11.1 Å². The molecule has 1 aromatic carbocycles. The van der Waals surface area contributed by atoms with E-state index >= 15 is 0 Å². The van der Waals surface area contributed by atoms with Crippen LogP contribution in [0, 0.1) is 0 Å². The first kappa shape index (κ1) is 15.3. The molecule has 0 aliphatic heterocycles. The zero-order valence-corrected chi connectivity index (χ0v) is 13.6. The minimum atomic E-state index is -0.101. The second-order valence-electron chi connectivity index (χ2n) is 5.88. The summed E-state index contributed by atoms with van der Waals surface area (Å²) < 4.78 is 1.61. The fraction of sp³-hybridized carbons (Fsp3) is 0.294. The third-order valence-corrected chi connectivity index (χ3v) is 3.87. The molecule has 0 unspecified atom stereocenters. The van der Waals surface area contributed by atoms with Crippen LogP contribution in [0.2, 0.25) is 0 Å². The second kappa shape index (κ2) is 6.26. The number of rotatable bonds is 5. The standard InChI is InChI=1S/C17H21N5O/c1-21(2)9-8-18-16-7-5-13(11-19-16)12-4-6-14-15(10-12)22(3)17(23)20-14/h4-7,10-11H,8-9H2,1-3H3,(H,18,19)(H,20,23). The fourth-order valence-corrected chi connectivity index (χ4v) is 2.48. The van der Waals surface area contributed by atoms with Crippen molar-refractivity contribution >= 4 is 16.9 Å². The van der Waals surface area contributed by atoms with Gasteiger partial charge in [-0.3, -0.25) is 4.57 Å². The molecule has 2 N–H and O–H groups in total. The molecule has 0 saturated carbocycles. The van der Waals surface area contributed by atoms with Crippen molar-refractivity contribution in [2.24, 2.45) is 7.05 Å². The lowest BCUT2D eigenvalue weighted by molar-refractivity contribution is 0.425. The topological polar surface area (TPSA) is 65.9 Å². The van der Waals surface area contributed by atoms with Crippen LogP contribution in [0.3, 0.4) is 0 Å². The van der Waals surface area contributed by atoms with E-state index in [1.54, 1.807) is 11.6 Å². The molecule has 0 saturated heterocycles. The summed E-state index contributed by atoms with van der Waals surface area (Å²) >= 11 is 0. The molecule has 23 heavy (non-hydrogen) atoms. The number of fused-ring (bicyclic) bond motifs is 1. The van der Waals surface area contributed by atoms with Crippen LogP contribution in [-0.2, 0) is 7.05 Å². The first-order valence-electron chi connectivity index (χ1n) is 7.58. The highest BCUT2D eigenvalue weighted by atomic mass is 16.1. The highest BCUT2D eigenvalue weighted by Crippen LogP contribution is 2.23. The summed E-state index contributed by atoms with van der Waals surface area (Å²) in [6.45, 7) is 1.82. The fourth-order valence-electron chi connectivity index (χ4n) is 2.48. The molecule has 3 aromatic rings. The summed E-state index contributed by atoms with van der Waals surface area (Å²) in [6.07, 6.45) is 1.85. The molecule has 0 aliphatic rings. The van der Waals surface area contributed by atoms with Crippen LogP contribution in [0.4, 0.5) is 5.82 Å². The van der Waals surface area contributed by atoms with Crippen molar-refractivity contribution in [3.05, 3.63) is 47.0 Å². The number of aryl methyl sites for hydroxylation is 1. The summed E-state index contributed by atoms with van der Waals surface area (Å²) in [5.74, 6) is 0.866. The maximum Gasteiger partial charge on any atom is 0.326 e. The van der Waals surface area contributed by atoms with Crippen molar-refractivity contribution in [1.82, 2.24) is 19.4 Å². The zero-order valence-electron chi connectivity index (χ0n) is 13.6. The predicted molar refractivity (Wildman–Crippen MR) is 93.8 cm³/mol. The number of H-pyrrole nitrogens is 1. The molecule has 0 aliphatic carbocycles. The molecule has 0 radical (unpaired) electrons. The molecular weight excluding hydrogens is 290 g/mol. The van der Waals surface area contributed by atoms with Gasteiger partial charge >= 0.3 is 5.69 Å². The predicted octanol–water partition coefficient (Wildman–Crippen LogP) is 1.90. The van der Waals surface area contributed by atoms with E-state index < -0.39 is 0 Å². The van der Waals surface area contributed by atoms with E-state index in [9.17, 15) is 4.79 Å². The summed E-state index contributed by atoms with van der Waals surface area (Å²) in [6, 6.07) is 9.94. The molecule has 0 atom stereocenters. The lowest BCUT2D eigenvalue weighted by atomic mass is 10.1. The maximum absolute atomic E-state index is 11.7. The van der Waals surface area contributed by atoms with Gasteiger partial charge in [-0.05, 0) is 43.9 Å². The summed E-state index contributed by atoms with van der Waals surface area (Å²) in [7, 11) is 5.85. The largest absolute Gasteiger partial charge is 0.369 e. The SMILES string of the molecule is CN(C)CCNc1ccc(-c2ccc3[nH]c(=O)n(C)c3c2)cn1. The van der Waals surface area contributed by atoms with Crippen LogP contribution < -0.4 is 11.0 Å². The van der Waals surface area contributed by atoms with Crippen LogP contribution >= 0.6 is 0 Å². The van der Waals surface area contributed by atoms with Crippen LogP contribution in [0.1, 0.15) is 0 Å². The Morgan fingerprint density at radius 2 is 2.00 bits per heavy atom. The van der Waals surface area contributed by atoms with Gasteiger partial charge in [0.15, 0.2) is 0 Å². The smallest absolute Gasteiger partial charge is 0.326 e. The van der Waals surface area contributed by atoms with Crippen molar-refractivity contribution in [3.63, 3.8) is 0 Å². The van der Waals surface area contributed by atoms with Gasteiger partial charge in [0.05, 0.1) is 11.0 Å². The molecule has 0 fully saturated rings. The molecule has 2 heterocycles. The highest BCUT2D eigenvalue weighted by molar-refractivity contribution is 5.82. The van der Waals surface area contributed by atoms with E-state index in [0.717, 1.165) is 41.1 Å². The first-order valence-corrected chi connectivity index (χ1v) is 7.58. The van der Waals surface area contributed by atoms with Crippen molar-refractivity contribution < 1.29 is 0 Å². The van der Waals surface area contributed by atoms with Gasteiger partial charge in [0.2, 0.25) is 0 Å². The monoisotopic (exact) mass is 311 g/mol. The summed E-state index contributed by atoms with van der Waals surface area (Å²) in [4.78, 5) is 21.1. The van der Waals surface area contributed by atoms with Gasteiger partial charge < -0.3 is 15.2 Å². The number of hydrogen-bond acceptors (Lipinski definition) is 4. The molecule has 0 spiro atoms. The van der Waals surface area contributed by atoms with Crippen LogP contribution in [0.25, 0.3) is 22.2 Å². The number of hydrogen-bond donors (Lipinski definition) is 2. The highest BCUT2D eigenvalue weighted by Gasteiger charge is 2.06. The number of pyridine rings is 1. The number of likely N-dealkylation sites (N-methyl/N-ethyl adjacent to an activating group) is 1. The number of nitrogens with zero attached hydrogens (tertiary/aromatic N) is 3. The third-order valence-electron chi connectivity index (χ3n) is 3.87. The van der Waals surface area contributed by atoms with Crippen molar-refractivity contribution in [1.29, 1.82) is 0 Å². The van der Waals surface area contributed by atoms with Gasteiger partial charge in [-0.25, -0.2) is 9.78 Å². The Bertz CT molecular complexity index is 861. The van der Waals surface area contributed by atoms with Crippen LogP contribution in [0.5, 0.6) is 0 Å². The van der Waals surface area contributed by atoms with E-state index in [4.69, 9.17) is 0 Å². The van der Waals surface area contributed by atoms with Gasteiger partial charge in [-0.2, -0.15) is 0 Å². The van der Waals surface area contributed by atoms with Gasteiger partial charge in [-0.1, -0.05) is 6.07 Å². The number of aromatic nitrogens is 3. The Labute approximate surface area is 134 Å². The maximum atomic E-state index is 11.7. The second-order valence-corrected chi connectivity index (χ2v) is 5.88. The van der Waals surface area contributed by atoms with Crippen molar-refractivity contribution in [2.75, 3.05) is 32.5 Å². The molecular formula is C17H21N5O. The number of aromatic amines is 1. The normalized spacial score (nSPS) is 11.3. The minimum Gasteiger partial charge on any atom is -0.369 e. The van der Waals surface area contributed by atoms with E-state index in [2.05, 4.69) is 20.2 Å². The van der Waals surface area contributed by atoms with Crippen LogP contribution in [-0.4, -0.2) is 46.6 Å². The lowest BCUT2D eigenvalue weighted by Crippen LogP contribution is -2.21. The molecule has 6 nitrogen and oxygen atoms in total. The summed E-state index contributed by atoms with van der Waals surface area (Å²) in [5, 5.41) is 3.29. The number of benzene rings is 1. The first-order chi connectivity index (χ1) is 11.0. The Balaban J connectivity index is 1.81. The average Bonchev–Trinajstić information content (AvgIpc) is 2.82. The van der Waals surface area contributed by atoms with E-state index in [-0.39, 0.29) is 5.69 Å². The Hall–Kier alpha value is -2.60. The molecule has 2 aromatic heterocycles. The van der Waals surface area contributed by atoms with E-state index in [0.29, 0.717) is 0 Å². The van der Waals surface area contributed by atoms with E-state index in [1.807, 2.05) is 50.6 Å². The Kier molecular flexibility index (Phi) is 4.16. The van der Waals surface area contributed by atoms with Crippen molar-refractivity contribution in [2.45, 2.75) is 0 Å². The Morgan fingerprint density at radius 3 is 2.70 bits per heavy atom. The third kappa shape index (κ3) is 3.27. The van der Waals surface area contributed by atoms with Gasteiger partial charge in [0.25, 0.3) is 0 Å². The average molecular weight is 311 g/mol. The van der Waals surface area contributed by atoms with Gasteiger partial charge in [0.1, 0.15) is 5.82 Å². The molecule has 0 bridgehead atoms. The molecule has 120 valence electrons. The van der Waals surface area contributed by atoms with Crippen LogP contribution in [0.15, 0.2) is 41.3 Å². The van der Waals surface area contributed by atoms with E-state index in [1.165, 1.54) is 0 Å². The number of imidazole rings is 1. The zero-order chi connectivity index (χ0) is 16.4. The molecule has 0 amide bonds. The minimum absolute atomic E-state index is 0.101. The molecule has 6 heteroatoms. The Morgan fingerprint density at radius 1 is 1.22 bits per heavy atom. The van der Waals surface area contributed by atoms with Gasteiger partial charge in [0, 0.05) is 31.9 Å².